The van der Waals surface area contributed by atoms with Crippen LogP contribution < -0.4 is 10.6 Å². The van der Waals surface area contributed by atoms with Crippen LogP contribution in [-0.4, -0.2) is 85.2 Å². The van der Waals surface area contributed by atoms with Gasteiger partial charge in [-0.25, -0.2) is 0 Å². The minimum atomic E-state index is 0.0887. The zero-order valence-corrected chi connectivity index (χ0v) is 15.0. The Morgan fingerprint density at radius 3 is 2.39 bits per heavy atom. The monoisotopic (exact) mass is 327 g/mol. The van der Waals surface area contributed by atoms with Crippen LogP contribution in [0.1, 0.15) is 27.7 Å². The summed E-state index contributed by atoms with van der Waals surface area (Å²) in [4.78, 5) is 20.8. The van der Waals surface area contributed by atoms with Crippen molar-refractivity contribution >= 4 is 11.9 Å². The third-order valence-corrected chi connectivity index (χ3v) is 3.69. The maximum atomic E-state index is 11.8. The summed E-state index contributed by atoms with van der Waals surface area (Å²) in [7, 11) is 0. The molecule has 1 unspecified atom stereocenters. The molecule has 0 radical (unpaired) electrons. The lowest BCUT2D eigenvalue weighted by atomic mass is 10.2. The van der Waals surface area contributed by atoms with Crippen molar-refractivity contribution in [2.75, 3.05) is 52.4 Å². The van der Waals surface area contributed by atoms with Crippen LogP contribution in [0.25, 0.3) is 0 Å². The number of hydrogen-bond donors (Lipinski definition) is 3. The second-order valence-corrected chi connectivity index (χ2v) is 6.47. The van der Waals surface area contributed by atoms with Crippen molar-refractivity contribution in [2.45, 2.75) is 33.7 Å². The molecule has 3 N–H and O–H groups in total. The van der Waals surface area contributed by atoms with E-state index in [0.29, 0.717) is 13.1 Å². The summed E-state index contributed by atoms with van der Waals surface area (Å²) >= 11 is 0. The van der Waals surface area contributed by atoms with Gasteiger partial charge in [0.25, 0.3) is 0 Å². The number of carbonyl (C=O) groups is 1. The number of guanidine groups is 1. The van der Waals surface area contributed by atoms with E-state index in [2.05, 4.69) is 32.3 Å². The summed E-state index contributed by atoms with van der Waals surface area (Å²) in [5, 5.41) is 15.4. The van der Waals surface area contributed by atoms with E-state index in [1.54, 1.807) is 0 Å². The van der Waals surface area contributed by atoms with Crippen LogP contribution in [0.4, 0.5) is 0 Å². The molecule has 7 nitrogen and oxygen atoms in total. The molecular formula is C16H33N5O2. The maximum Gasteiger partial charge on any atom is 0.234 e. The lowest BCUT2D eigenvalue weighted by molar-refractivity contribution is -0.123. The van der Waals surface area contributed by atoms with Gasteiger partial charge >= 0.3 is 0 Å². The van der Waals surface area contributed by atoms with Gasteiger partial charge in [-0.1, -0.05) is 6.92 Å². The average Bonchev–Trinajstić information content (AvgIpc) is 2.51. The summed E-state index contributed by atoms with van der Waals surface area (Å²) in [6.07, 6.45) is 0. The topological polar surface area (TPSA) is 80.2 Å². The van der Waals surface area contributed by atoms with Crippen LogP contribution >= 0.6 is 0 Å². The van der Waals surface area contributed by atoms with E-state index in [1.165, 1.54) is 0 Å². The molecule has 0 bridgehead atoms. The molecule has 7 heteroatoms. The number of nitrogens with zero attached hydrogens (tertiary/aromatic N) is 3. The van der Waals surface area contributed by atoms with E-state index in [4.69, 9.17) is 5.11 Å². The second-order valence-electron chi connectivity index (χ2n) is 6.47. The fraction of sp³-hybridized carbons (Fsp3) is 0.875. The Morgan fingerprint density at radius 1 is 1.22 bits per heavy atom. The van der Waals surface area contributed by atoms with Gasteiger partial charge in [0, 0.05) is 51.9 Å². The zero-order valence-electron chi connectivity index (χ0n) is 15.0. The predicted molar refractivity (Wildman–Crippen MR) is 93.5 cm³/mol. The largest absolute Gasteiger partial charge is 0.396 e. The predicted octanol–water partition coefficient (Wildman–Crippen LogP) is -0.277. The van der Waals surface area contributed by atoms with Gasteiger partial charge in [0.1, 0.15) is 0 Å². The molecule has 1 aliphatic rings. The van der Waals surface area contributed by atoms with E-state index in [0.717, 1.165) is 38.7 Å². The van der Waals surface area contributed by atoms with Gasteiger partial charge in [-0.05, 0) is 26.7 Å². The molecule has 1 saturated heterocycles. The first-order valence-corrected chi connectivity index (χ1v) is 8.62. The van der Waals surface area contributed by atoms with Crippen molar-refractivity contribution in [3.05, 3.63) is 0 Å². The molecule has 0 aromatic carbocycles. The Labute approximate surface area is 140 Å². The lowest BCUT2D eigenvalue weighted by Crippen LogP contribution is -2.54. The number of piperazine rings is 1. The molecule has 0 saturated carbocycles. The molecule has 1 heterocycles. The van der Waals surface area contributed by atoms with E-state index in [1.807, 2.05) is 20.8 Å². The number of rotatable bonds is 7. The summed E-state index contributed by atoms with van der Waals surface area (Å²) < 4.78 is 0. The highest BCUT2D eigenvalue weighted by Gasteiger charge is 2.21. The van der Waals surface area contributed by atoms with Crippen LogP contribution in [0.3, 0.4) is 0 Å². The summed E-state index contributed by atoms with van der Waals surface area (Å²) in [5.74, 6) is 1.16. The maximum absolute atomic E-state index is 11.8. The van der Waals surface area contributed by atoms with Gasteiger partial charge in [-0.2, -0.15) is 0 Å². The molecule has 0 aromatic rings. The first-order valence-electron chi connectivity index (χ1n) is 8.62. The first-order chi connectivity index (χ1) is 11.0. The third-order valence-electron chi connectivity index (χ3n) is 3.69. The van der Waals surface area contributed by atoms with Crippen molar-refractivity contribution in [1.82, 2.24) is 20.4 Å². The Bertz CT molecular complexity index is 379. The number of nitrogens with one attached hydrogen (secondary N) is 2. The van der Waals surface area contributed by atoms with Crippen molar-refractivity contribution in [3.8, 4) is 0 Å². The molecule has 134 valence electrons. The van der Waals surface area contributed by atoms with Crippen LogP contribution in [0.5, 0.6) is 0 Å². The van der Waals surface area contributed by atoms with E-state index in [9.17, 15) is 4.79 Å². The van der Waals surface area contributed by atoms with Crippen molar-refractivity contribution in [2.24, 2.45) is 10.9 Å². The molecule has 1 aliphatic heterocycles. The first kappa shape index (κ1) is 19.7. The lowest BCUT2D eigenvalue weighted by Gasteiger charge is -2.36. The molecule has 1 amide bonds. The number of aliphatic hydroxyl groups is 1. The number of amides is 1. The standard InChI is InChI=1S/C16H33N5O2/c1-5-17-16(18-10-14(4)12-22)21-8-6-20(7-9-21)11-15(23)19-13(2)3/h13-14,22H,5-12H2,1-4H3,(H,17,18)(H,19,23). The fourth-order valence-electron chi connectivity index (χ4n) is 2.41. The molecule has 23 heavy (non-hydrogen) atoms. The minimum absolute atomic E-state index is 0.0887. The highest BCUT2D eigenvalue weighted by atomic mass is 16.3. The fourth-order valence-corrected chi connectivity index (χ4v) is 2.41. The van der Waals surface area contributed by atoms with Crippen molar-refractivity contribution in [3.63, 3.8) is 0 Å². The zero-order chi connectivity index (χ0) is 17.2. The highest BCUT2D eigenvalue weighted by molar-refractivity contribution is 5.80. The number of hydrogen-bond acceptors (Lipinski definition) is 4. The van der Waals surface area contributed by atoms with Gasteiger partial charge in [0.05, 0.1) is 6.54 Å². The van der Waals surface area contributed by atoms with Crippen molar-refractivity contribution < 1.29 is 9.90 Å². The average molecular weight is 327 g/mol. The Morgan fingerprint density at radius 2 is 1.87 bits per heavy atom. The molecule has 0 aromatic heterocycles. The third kappa shape index (κ3) is 7.65. The van der Waals surface area contributed by atoms with Gasteiger partial charge in [0.2, 0.25) is 5.91 Å². The SMILES string of the molecule is CCNC(=NCC(C)CO)N1CCN(CC(=O)NC(C)C)CC1. The van der Waals surface area contributed by atoms with Crippen LogP contribution in [0, 0.1) is 5.92 Å². The number of aliphatic hydroxyl groups excluding tert-OH is 1. The molecule has 1 atom stereocenters. The summed E-state index contributed by atoms with van der Waals surface area (Å²) in [5.41, 5.74) is 0. The van der Waals surface area contributed by atoms with Gasteiger partial charge < -0.3 is 20.6 Å². The second kappa shape index (κ2) is 10.4. The Hall–Kier alpha value is -1.34. The molecule has 0 aliphatic carbocycles. The minimum Gasteiger partial charge on any atom is -0.396 e. The molecule has 1 rings (SSSR count). The number of carbonyl (C=O) groups excluding carboxylic acids is 1. The van der Waals surface area contributed by atoms with Gasteiger partial charge in [0.15, 0.2) is 5.96 Å². The van der Waals surface area contributed by atoms with E-state index in [-0.39, 0.29) is 24.5 Å². The quantitative estimate of drug-likeness (QED) is 0.443. The highest BCUT2D eigenvalue weighted by Crippen LogP contribution is 2.03. The smallest absolute Gasteiger partial charge is 0.234 e. The normalized spacial score (nSPS) is 18.2. The number of aliphatic imine (C=N–C) groups is 1. The van der Waals surface area contributed by atoms with Crippen LogP contribution in [0.2, 0.25) is 0 Å². The Balaban J connectivity index is 2.46. The molecule has 1 fully saturated rings. The van der Waals surface area contributed by atoms with E-state index < -0.39 is 0 Å². The van der Waals surface area contributed by atoms with E-state index >= 15 is 0 Å². The molecular weight excluding hydrogens is 294 g/mol. The van der Waals surface area contributed by atoms with Gasteiger partial charge in [-0.15, -0.1) is 0 Å². The van der Waals surface area contributed by atoms with Gasteiger partial charge in [-0.3, -0.25) is 14.7 Å². The Kier molecular flexibility index (Phi) is 8.94. The van der Waals surface area contributed by atoms with Crippen LogP contribution in [0.15, 0.2) is 4.99 Å². The summed E-state index contributed by atoms with van der Waals surface area (Å²) in [6.45, 7) is 13.5. The van der Waals surface area contributed by atoms with Crippen LogP contribution in [-0.2, 0) is 4.79 Å². The molecule has 0 spiro atoms. The summed E-state index contributed by atoms with van der Waals surface area (Å²) in [6, 6.07) is 0.185. The van der Waals surface area contributed by atoms with Crippen molar-refractivity contribution in [1.29, 1.82) is 0 Å².